The highest BCUT2D eigenvalue weighted by molar-refractivity contribution is 5.65. The van der Waals surface area contributed by atoms with Crippen LogP contribution in [0.15, 0.2) is 24.4 Å². The van der Waals surface area contributed by atoms with E-state index in [4.69, 9.17) is 0 Å². The fourth-order valence-corrected chi connectivity index (χ4v) is 1.18. The molecule has 0 aliphatic carbocycles. The summed E-state index contributed by atoms with van der Waals surface area (Å²) in [6.07, 6.45) is 1.61. The van der Waals surface area contributed by atoms with Gasteiger partial charge in [-0.25, -0.2) is 4.39 Å². The van der Waals surface area contributed by atoms with E-state index < -0.39 is 5.82 Å². The molecule has 0 saturated heterocycles. The van der Waals surface area contributed by atoms with Gasteiger partial charge in [-0.1, -0.05) is 5.21 Å². The Morgan fingerprint density at radius 2 is 2.21 bits per heavy atom. The first kappa shape index (κ1) is 8.68. The highest BCUT2D eigenvalue weighted by atomic mass is 19.1. The molecule has 0 atom stereocenters. The Labute approximate surface area is 79.6 Å². The van der Waals surface area contributed by atoms with Crippen molar-refractivity contribution in [3.8, 4) is 17.0 Å². The van der Waals surface area contributed by atoms with Gasteiger partial charge in [0.1, 0.15) is 17.3 Å². The minimum atomic E-state index is -0.413. The van der Waals surface area contributed by atoms with Gasteiger partial charge in [-0.3, -0.25) is 4.68 Å². The minimum Gasteiger partial charge on any atom is -0.507 e. The summed E-state index contributed by atoms with van der Waals surface area (Å²) in [6, 6.07) is 3.70. The molecule has 0 amide bonds. The number of benzene rings is 1. The quantitative estimate of drug-likeness (QED) is 0.743. The molecule has 72 valence electrons. The largest absolute Gasteiger partial charge is 0.507 e. The predicted molar refractivity (Wildman–Crippen MR) is 48.1 cm³/mol. The highest BCUT2D eigenvalue weighted by Gasteiger charge is 2.08. The number of aromatic hydroxyl groups is 1. The molecule has 5 heteroatoms. The van der Waals surface area contributed by atoms with E-state index in [-0.39, 0.29) is 5.75 Å². The number of rotatable bonds is 1. The first-order valence-electron chi connectivity index (χ1n) is 4.02. The number of phenolic OH excluding ortho intramolecular Hbond substituents is 1. The first-order chi connectivity index (χ1) is 6.66. The molecule has 0 bridgehead atoms. The Morgan fingerprint density at radius 3 is 2.86 bits per heavy atom. The van der Waals surface area contributed by atoms with Crippen LogP contribution in [-0.2, 0) is 7.05 Å². The van der Waals surface area contributed by atoms with Crippen LogP contribution < -0.4 is 0 Å². The summed E-state index contributed by atoms with van der Waals surface area (Å²) < 4.78 is 14.4. The minimum absolute atomic E-state index is 0.00750. The van der Waals surface area contributed by atoms with Gasteiger partial charge in [0.05, 0.1) is 6.20 Å². The average molecular weight is 193 g/mol. The van der Waals surface area contributed by atoms with E-state index in [1.54, 1.807) is 13.2 Å². The molecule has 1 aromatic carbocycles. The van der Waals surface area contributed by atoms with Crippen LogP contribution in [0.5, 0.6) is 5.75 Å². The third-order valence-corrected chi connectivity index (χ3v) is 1.84. The molecule has 0 unspecified atom stereocenters. The fraction of sp³-hybridized carbons (Fsp3) is 0.111. The summed E-state index contributed by atoms with van der Waals surface area (Å²) >= 11 is 0. The van der Waals surface area contributed by atoms with Crippen LogP contribution in [0.1, 0.15) is 0 Å². The Kier molecular flexibility index (Phi) is 1.92. The number of aromatic nitrogens is 3. The smallest absolute Gasteiger partial charge is 0.125 e. The molecule has 1 aromatic heterocycles. The normalized spacial score (nSPS) is 10.4. The van der Waals surface area contributed by atoms with Crippen LogP contribution in [-0.4, -0.2) is 20.1 Å². The molecule has 0 aliphatic rings. The molecule has 0 fully saturated rings. The third-order valence-electron chi connectivity index (χ3n) is 1.84. The van der Waals surface area contributed by atoms with Crippen LogP contribution in [0.25, 0.3) is 11.3 Å². The zero-order chi connectivity index (χ0) is 10.1. The fourth-order valence-electron chi connectivity index (χ4n) is 1.18. The van der Waals surface area contributed by atoms with Crippen LogP contribution in [0.3, 0.4) is 0 Å². The molecular weight excluding hydrogens is 185 g/mol. The summed E-state index contributed by atoms with van der Waals surface area (Å²) in [5.41, 5.74) is 0.794. The van der Waals surface area contributed by atoms with E-state index in [1.807, 2.05) is 0 Å². The van der Waals surface area contributed by atoms with Crippen LogP contribution >= 0.6 is 0 Å². The van der Waals surface area contributed by atoms with E-state index in [0.29, 0.717) is 11.3 Å². The summed E-state index contributed by atoms with van der Waals surface area (Å²) in [5.74, 6) is -0.421. The maximum Gasteiger partial charge on any atom is 0.125 e. The van der Waals surface area contributed by atoms with Gasteiger partial charge in [0.25, 0.3) is 0 Å². The molecule has 14 heavy (non-hydrogen) atoms. The summed E-state index contributed by atoms with van der Waals surface area (Å²) in [6.45, 7) is 0. The van der Waals surface area contributed by atoms with Crippen LogP contribution in [0.2, 0.25) is 0 Å². The van der Waals surface area contributed by atoms with Crippen LogP contribution in [0.4, 0.5) is 4.39 Å². The Morgan fingerprint density at radius 1 is 1.43 bits per heavy atom. The summed E-state index contributed by atoms with van der Waals surface area (Å²) in [5, 5.41) is 16.9. The number of nitrogens with zero attached hydrogens (tertiary/aromatic N) is 3. The van der Waals surface area contributed by atoms with Crippen molar-refractivity contribution in [1.29, 1.82) is 0 Å². The lowest BCUT2D eigenvalue weighted by molar-refractivity contribution is 0.475. The molecule has 1 heterocycles. The lowest BCUT2D eigenvalue weighted by Crippen LogP contribution is -1.85. The molecule has 0 saturated carbocycles. The number of phenols is 1. The van der Waals surface area contributed by atoms with E-state index in [9.17, 15) is 9.50 Å². The Bertz CT molecular complexity index is 467. The number of aryl methyl sites for hydroxylation is 1. The molecular formula is C9H8FN3O. The number of hydrogen-bond donors (Lipinski definition) is 1. The first-order valence-corrected chi connectivity index (χ1v) is 4.02. The van der Waals surface area contributed by atoms with Crippen molar-refractivity contribution in [1.82, 2.24) is 15.0 Å². The van der Waals surface area contributed by atoms with E-state index in [2.05, 4.69) is 10.3 Å². The van der Waals surface area contributed by atoms with Gasteiger partial charge in [-0.15, -0.1) is 5.10 Å². The van der Waals surface area contributed by atoms with Gasteiger partial charge in [-0.05, 0) is 18.2 Å². The zero-order valence-electron chi connectivity index (χ0n) is 7.48. The van der Waals surface area contributed by atoms with Crippen LogP contribution in [0, 0.1) is 5.82 Å². The molecule has 4 nitrogen and oxygen atoms in total. The van der Waals surface area contributed by atoms with E-state index >= 15 is 0 Å². The second kappa shape index (κ2) is 3.10. The Hall–Kier alpha value is -1.91. The topological polar surface area (TPSA) is 50.9 Å². The van der Waals surface area contributed by atoms with Gasteiger partial charge < -0.3 is 5.11 Å². The second-order valence-electron chi connectivity index (χ2n) is 2.94. The average Bonchev–Trinajstić information content (AvgIpc) is 2.56. The third kappa shape index (κ3) is 1.44. The van der Waals surface area contributed by atoms with Crippen molar-refractivity contribution >= 4 is 0 Å². The number of halogens is 1. The monoisotopic (exact) mass is 193 g/mol. The van der Waals surface area contributed by atoms with Crippen molar-refractivity contribution in [2.24, 2.45) is 7.05 Å². The molecule has 0 radical (unpaired) electrons. The second-order valence-corrected chi connectivity index (χ2v) is 2.94. The Balaban J connectivity index is 2.55. The maximum absolute atomic E-state index is 12.9. The van der Waals surface area contributed by atoms with Crippen molar-refractivity contribution in [3.05, 3.63) is 30.2 Å². The summed E-state index contributed by atoms with van der Waals surface area (Å²) in [4.78, 5) is 0. The highest BCUT2D eigenvalue weighted by Crippen LogP contribution is 2.27. The standard InChI is InChI=1S/C9H8FN3O/c1-13-5-8(11-12-13)7-4-6(10)2-3-9(7)14/h2-5,14H,1H3. The van der Waals surface area contributed by atoms with Gasteiger partial charge in [0, 0.05) is 12.6 Å². The summed E-state index contributed by atoms with van der Waals surface area (Å²) in [7, 11) is 1.70. The molecule has 2 aromatic rings. The molecule has 0 aliphatic heterocycles. The maximum atomic E-state index is 12.9. The molecule has 1 N–H and O–H groups in total. The van der Waals surface area contributed by atoms with Gasteiger partial charge in [-0.2, -0.15) is 0 Å². The van der Waals surface area contributed by atoms with Crippen molar-refractivity contribution < 1.29 is 9.50 Å². The van der Waals surface area contributed by atoms with Crippen molar-refractivity contribution in [3.63, 3.8) is 0 Å². The number of hydrogen-bond acceptors (Lipinski definition) is 3. The van der Waals surface area contributed by atoms with Crippen molar-refractivity contribution in [2.75, 3.05) is 0 Å². The molecule has 0 spiro atoms. The lowest BCUT2D eigenvalue weighted by Gasteiger charge is -1.99. The van der Waals surface area contributed by atoms with Gasteiger partial charge in [0.2, 0.25) is 0 Å². The predicted octanol–water partition coefficient (Wildman–Crippen LogP) is 1.33. The SMILES string of the molecule is Cn1cc(-c2cc(F)ccc2O)nn1. The lowest BCUT2D eigenvalue weighted by atomic mass is 10.1. The van der Waals surface area contributed by atoms with Crippen molar-refractivity contribution in [2.45, 2.75) is 0 Å². The van der Waals surface area contributed by atoms with Gasteiger partial charge >= 0.3 is 0 Å². The van der Waals surface area contributed by atoms with E-state index in [1.165, 1.54) is 22.9 Å². The van der Waals surface area contributed by atoms with Gasteiger partial charge in [0.15, 0.2) is 0 Å². The molecule has 2 rings (SSSR count). The van der Waals surface area contributed by atoms with E-state index in [0.717, 1.165) is 0 Å². The zero-order valence-corrected chi connectivity index (χ0v) is 7.48.